The molecule has 14 heavy (non-hydrogen) atoms. The summed E-state index contributed by atoms with van der Waals surface area (Å²) in [7, 11) is 4.01. The number of aromatic nitrogens is 1. The summed E-state index contributed by atoms with van der Waals surface area (Å²) in [6, 6.07) is 4.14. The minimum atomic E-state index is 1.05. The molecule has 0 spiro atoms. The number of halogens is 1. The van der Waals surface area contributed by atoms with Gasteiger partial charge in [-0.25, -0.2) is 4.98 Å². The molecule has 0 saturated carbocycles. The molecular formula is C9H9BrN2S2. The van der Waals surface area contributed by atoms with Crippen LogP contribution in [0, 0.1) is 0 Å². The van der Waals surface area contributed by atoms with Gasteiger partial charge in [-0.2, -0.15) is 0 Å². The average Bonchev–Trinajstić information content (AvgIpc) is 2.70. The number of hydrogen-bond donors (Lipinski definition) is 0. The first-order valence-electron chi connectivity index (χ1n) is 4.05. The van der Waals surface area contributed by atoms with Crippen LogP contribution in [0.5, 0.6) is 0 Å². The van der Waals surface area contributed by atoms with Crippen LogP contribution in [0.15, 0.2) is 21.3 Å². The third-order valence-electron chi connectivity index (χ3n) is 1.70. The summed E-state index contributed by atoms with van der Waals surface area (Å²) in [5.74, 6) is 0. The Labute approximate surface area is 99.3 Å². The fourth-order valence-corrected chi connectivity index (χ4v) is 3.21. The molecule has 2 heterocycles. The van der Waals surface area contributed by atoms with Gasteiger partial charge < -0.3 is 4.90 Å². The van der Waals surface area contributed by atoms with Gasteiger partial charge in [0.1, 0.15) is 0 Å². The van der Waals surface area contributed by atoms with E-state index in [9.17, 15) is 0 Å². The van der Waals surface area contributed by atoms with Crippen LogP contribution in [-0.2, 0) is 0 Å². The van der Waals surface area contributed by atoms with Gasteiger partial charge in [-0.1, -0.05) is 0 Å². The van der Waals surface area contributed by atoms with Crippen molar-refractivity contribution >= 4 is 43.7 Å². The number of anilines is 1. The van der Waals surface area contributed by atoms with E-state index in [0.29, 0.717) is 0 Å². The number of thiazole rings is 1. The Bertz CT molecular complexity index is 433. The molecule has 5 heteroatoms. The van der Waals surface area contributed by atoms with Gasteiger partial charge in [0.25, 0.3) is 0 Å². The Morgan fingerprint density at radius 3 is 2.64 bits per heavy atom. The minimum absolute atomic E-state index is 1.05. The highest BCUT2D eigenvalue weighted by molar-refractivity contribution is 9.11. The maximum Gasteiger partial charge on any atom is 0.185 e. The maximum atomic E-state index is 4.53. The van der Waals surface area contributed by atoms with Crippen molar-refractivity contribution in [2.45, 2.75) is 0 Å². The zero-order chi connectivity index (χ0) is 10.1. The van der Waals surface area contributed by atoms with E-state index in [0.717, 1.165) is 14.6 Å². The van der Waals surface area contributed by atoms with E-state index < -0.39 is 0 Å². The Balaban J connectivity index is 2.33. The second-order valence-corrected chi connectivity index (χ2v) is 6.31. The lowest BCUT2D eigenvalue weighted by Crippen LogP contribution is -2.07. The zero-order valence-corrected chi connectivity index (χ0v) is 11.0. The highest BCUT2D eigenvalue weighted by atomic mass is 79.9. The van der Waals surface area contributed by atoms with Crippen molar-refractivity contribution in [3.63, 3.8) is 0 Å². The second-order valence-electron chi connectivity index (χ2n) is 3.01. The molecule has 2 aromatic heterocycles. The third kappa shape index (κ3) is 1.99. The van der Waals surface area contributed by atoms with Crippen LogP contribution in [0.3, 0.4) is 0 Å². The molecule has 2 nitrogen and oxygen atoms in total. The summed E-state index contributed by atoms with van der Waals surface area (Å²) in [4.78, 5) is 7.76. The van der Waals surface area contributed by atoms with E-state index in [1.807, 2.05) is 19.0 Å². The van der Waals surface area contributed by atoms with Crippen molar-refractivity contribution in [1.29, 1.82) is 0 Å². The van der Waals surface area contributed by atoms with E-state index >= 15 is 0 Å². The van der Waals surface area contributed by atoms with Crippen LogP contribution in [0.4, 0.5) is 5.13 Å². The highest BCUT2D eigenvalue weighted by Crippen LogP contribution is 2.33. The van der Waals surface area contributed by atoms with E-state index in [4.69, 9.17) is 0 Å². The van der Waals surface area contributed by atoms with Crippen molar-refractivity contribution in [3.8, 4) is 10.6 Å². The summed E-state index contributed by atoms with van der Waals surface area (Å²) in [5, 5.41) is 3.14. The lowest BCUT2D eigenvalue weighted by Gasteiger charge is -2.05. The smallest absolute Gasteiger partial charge is 0.185 e. The molecule has 0 radical (unpaired) electrons. The molecule has 0 amide bonds. The van der Waals surface area contributed by atoms with Crippen LogP contribution in [0.2, 0.25) is 0 Å². The summed E-state index contributed by atoms with van der Waals surface area (Å²) < 4.78 is 1.15. The molecule has 0 N–H and O–H groups in total. The van der Waals surface area contributed by atoms with Crippen molar-refractivity contribution in [3.05, 3.63) is 21.3 Å². The first-order chi connectivity index (χ1) is 6.66. The van der Waals surface area contributed by atoms with Crippen LogP contribution in [-0.4, -0.2) is 19.1 Å². The number of thiophene rings is 1. The van der Waals surface area contributed by atoms with Gasteiger partial charge in [0.05, 0.1) is 14.4 Å². The molecule has 0 fully saturated rings. The molecular weight excluding hydrogens is 280 g/mol. The summed E-state index contributed by atoms with van der Waals surface area (Å²) in [6.07, 6.45) is 0. The Kier molecular flexibility index (Phi) is 2.90. The summed E-state index contributed by atoms with van der Waals surface area (Å²) in [5.41, 5.74) is 1.06. The predicted octanol–water partition coefficient (Wildman–Crippen LogP) is 3.70. The monoisotopic (exact) mass is 288 g/mol. The lowest BCUT2D eigenvalue weighted by molar-refractivity contribution is 1.11. The van der Waals surface area contributed by atoms with Crippen molar-refractivity contribution < 1.29 is 0 Å². The first kappa shape index (κ1) is 10.1. The number of hydrogen-bond acceptors (Lipinski definition) is 4. The molecule has 0 atom stereocenters. The third-order valence-corrected chi connectivity index (χ3v) is 4.35. The fourth-order valence-electron chi connectivity index (χ4n) is 1.03. The molecule has 74 valence electrons. The molecule has 0 aliphatic heterocycles. The van der Waals surface area contributed by atoms with Gasteiger partial charge in [0, 0.05) is 19.5 Å². The highest BCUT2D eigenvalue weighted by Gasteiger charge is 2.07. The van der Waals surface area contributed by atoms with Crippen molar-refractivity contribution in [2.75, 3.05) is 19.0 Å². The standard InChI is InChI=1S/C9H9BrN2S2/c1-12(2)9-11-6(5-13-9)7-3-4-8(10)14-7/h3-5H,1-2H3. The SMILES string of the molecule is CN(C)c1nc(-c2ccc(Br)s2)cs1. The molecule has 0 aromatic carbocycles. The molecule has 2 aromatic rings. The second kappa shape index (κ2) is 4.00. The van der Waals surface area contributed by atoms with E-state index in [1.165, 1.54) is 4.88 Å². The molecule has 0 saturated heterocycles. The van der Waals surface area contributed by atoms with Crippen molar-refractivity contribution in [2.24, 2.45) is 0 Å². The maximum absolute atomic E-state index is 4.53. The van der Waals surface area contributed by atoms with Crippen LogP contribution in [0.25, 0.3) is 10.6 Å². The summed E-state index contributed by atoms with van der Waals surface area (Å²) in [6.45, 7) is 0. The topological polar surface area (TPSA) is 16.1 Å². The fraction of sp³-hybridized carbons (Fsp3) is 0.222. The zero-order valence-electron chi connectivity index (χ0n) is 7.82. The van der Waals surface area contributed by atoms with Crippen molar-refractivity contribution in [1.82, 2.24) is 4.98 Å². The molecule has 0 aliphatic rings. The first-order valence-corrected chi connectivity index (χ1v) is 6.54. The Hall–Kier alpha value is -0.390. The lowest BCUT2D eigenvalue weighted by atomic mass is 10.4. The van der Waals surface area contributed by atoms with Gasteiger partial charge in [-0.05, 0) is 28.1 Å². The Morgan fingerprint density at radius 1 is 1.36 bits per heavy atom. The van der Waals surface area contributed by atoms with E-state index in [-0.39, 0.29) is 0 Å². The number of rotatable bonds is 2. The quantitative estimate of drug-likeness (QED) is 0.838. The van der Waals surface area contributed by atoms with Gasteiger partial charge in [0.2, 0.25) is 0 Å². The Morgan fingerprint density at radius 2 is 2.14 bits per heavy atom. The van der Waals surface area contributed by atoms with Gasteiger partial charge in [-0.15, -0.1) is 22.7 Å². The molecule has 0 aliphatic carbocycles. The number of nitrogens with zero attached hydrogens (tertiary/aromatic N) is 2. The van der Waals surface area contributed by atoms with Gasteiger partial charge in [-0.3, -0.25) is 0 Å². The molecule has 0 unspecified atom stereocenters. The van der Waals surface area contributed by atoms with Crippen LogP contribution in [0.1, 0.15) is 0 Å². The normalized spacial score (nSPS) is 10.5. The van der Waals surface area contributed by atoms with Crippen LogP contribution < -0.4 is 4.90 Å². The molecule has 2 rings (SSSR count). The average molecular weight is 289 g/mol. The predicted molar refractivity (Wildman–Crippen MR) is 67.5 cm³/mol. The minimum Gasteiger partial charge on any atom is -0.354 e. The largest absolute Gasteiger partial charge is 0.354 e. The van der Waals surface area contributed by atoms with E-state index in [1.54, 1.807) is 22.7 Å². The van der Waals surface area contributed by atoms with E-state index in [2.05, 4.69) is 38.4 Å². The molecule has 0 bridgehead atoms. The summed E-state index contributed by atoms with van der Waals surface area (Å²) >= 11 is 6.82. The van der Waals surface area contributed by atoms with Crippen LogP contribution >= 0.6 is 38.6 Å². The van der Waals surface area contributed by atoms with Gasteiger partial charge >= 0.3 is 0 Å². The van der Waals surface area contributed by atoms with Gasteiger partial charge in [0.15, 0.2) is 5.13 Å².